The Morgan fingerprint density at radius 3 is 1.80 bits per heavy atom. The minimum absolute atomic E-state index is 0.923. The van der Waals surface area contributed by atoms with Crippen LogP contribution < -0.4 is 0 Å². The summed E-state index contributed by atoms with van der Waals surface area (Å²) in [6.45, 7) is 6.31. The van der Waals surface area contributed by atoms with Gasteiger partial charge in [-0.1, -0.05) is 12.1 Å². The van der Waals surface area contributed by atoms with Crippen LogP contribution in [0.5, 0.6) is 0 Å². The molecule has 0 unspecified atom stereocenters. The summed E-state index contributed by atoms with van der Waals surface area (Å²) in [5.41, 5.74) is 6.08. The first kappa shape index (κ1) is 10.7. The molecule has 1 aromatic carbocycles. The zero-order valence-electron chi connectivity index (χ0n) is 9.81. The summed E-state index contributed by atoms with van der Waals surface area (Å²) in [5, 5.41) is 0. The molecule has 15 heavy (non-hydrogen) atoms. The molecular formula is C14H20O. The standard InChI is InChI=1S/C14H20O/c1-11-7-8-12(2)14-6-4-10-15-9-3-5-13(11)14/h7-8H,3-6,9-10H2,1-2H3. The average molecular weight is 204 g/mol. The van der Waals surface area contributed by atoms with Crippen molar-refractivity contribution in [3.63, 3.8) is 0 Å². The molecule has 0 radical (unpaired) electrons. The van der Waals surface area contributed by atoms with Gasteiger partial charge in [0.2, 0.25) is 0 Å². The van der Waals surface area contributed by atoms with Gasteiger partial charge in [0.15, 0.2) is 0 Å². The predicted octanol–water partition coefficient (Wildman–Crippen LogP) is 3.20. The molecule has 0 saturated heterocycles. The lowest BCUT2D eigenvalue weighted by atomic mass is 9.91. The third-order valence-corrected chi connectivity index (χ3v) is 3.33. The Morgan fingerprint density at radius 2 is 1.33 bits per heavy atom. The molecule has 1 heteroatoms. The van der Waals surface area contributed by atoms with Crippen LogP contribution in [0.3, 0.4) is 0 Å². The van der Waals surface area contributed by atoms with E-state index in [0.29, 0.717) is 0 Å². The average Bonchev–Trinajstić information content (AvgIpc) is 2.35. The Hall–Kier alpha value is -0.820. The second-order valence-electron chi connectivity index (χ2n) is 4.48. The van der Waals surface area contributed by atoms with E-state index in [2.05, 4.69) is 26.0 Å². The normalized spacial score (nSPS) is 17.5. The van der Waals surface area contributed by atoms with Gasteiger partial charge in [0.05, 0.1) is 0 Å². The number of hydrogen-bond donors (Lipinski definition) is 0. The summed E-state index contributed by atoms with van der Waals surface area (Å²) in [5.74, 6) is 0. The van der Waals surface area contributed by atoms with Crippen molar-refractivity contribution in [2.75, 3.05) is 13.2 Å². The van der Waals surface area contributed by atoms with Crippen molar-refractivity contribution in [2.24, 2.45) is 0 Å². The van der Waals surface area contributed by atoms with Gasteiger partial charge in [-0.05, 0) is 61.8 Å². The van der Waals surface area contributed by atoms with Crippen molar-refractivity contribution < 1.29 is 4.74 Å². The van der Waals surface area contributed by atoms with Gasteiger partial charge in [0.25, 0.3) is 0 Å². The highest BCUT2D eigenvalue weighted by Crippen LogP contribution is 2.22. The van der Waals surface area contributed by atoms with E-state index in [1.807, 2.05) is 0 Å². The van der Waals surface area contributed by atoms with E-state index in [4.69, 9.17) is 4.74 Å². The number of ether oxygens (including phenoxy) is 1. The van der Waals surface area contributed by atoms with Gasteiger partial charge in [-0.2, -0.15) is 0 Å². The molecule has 0 amide bonds. The third-order valence-electron chi connectivity index (χ3n) is 3.33. The third kappa shape index (κ3) is 2.40. The lowest BCUT2D eigenvalue weighted by molar-refractivity contribution is 0.131. The van der Waals surface area contributed by atoms with Gasteiger partial charge in [-0.25, -0.2) is 0 Å². The summed E-state index contributed by atoms with van der Waals surface area (Å²) in [7, 11) is 0. The second-order valence-corrected chi connectivity index (χ2v) is 4.48. The highest BCUT2D eigenvalue weighted by molar-refractivity contribution is 5.40. The maximum Gasteiger partial charge on any atom is 0.0469 e. The van der Waals surface area contributed by atoms with Crippen molar-refractivity contribution >= 4 is 0 Å². The van der Waals surface area contributed by atoms with E-state index in [-0.39, 0.29) is 0 Å². The lowest BCUT2D eigenvalue weighted by Crippen LogP contribution is -2.00. The molecule has 82 valence electrons. The van der Waals surface area contributed by atoms with Crippen molar-refractivity contribution in [1.29, 1.82) is 0 Å². The number of hydrogen-bond acceptors (Lipinski definition) is 1. The molecule has 0 spiro atoms. The van der Waals surface area contributed by atoms with Crippen LogP contribution in [0, 0.1) is 13.8 Å². The zero-order valence-corrected chi connectivity index (χ0v) is 9.81. The van der Waals surface area contributed by atoms with Crippen molar-refractivity contribution in [1.82, 2.24) is 0 Å². The molecular weight excluding hydrogens is 184 g/mol. The minimum Gasteiger partial charge on any atom is -0.381 e. The molecule has 1 aliphatic rings. The van der Waals surface area contributed by atoms with Gasteiger partial charge >= 0.3 is 0 Å². The van der Waals surface area contributed by atoms with Crippen LogP contribution in [0.4, 0.5) is 0 Å². The fourth-order valence-electron chi connectivity index (χ4n) is 2.43. The first-order valence-corrected chi connectivity index (χ1v) is 5.95. The molecule has 0 N–H and O–H groups in total. The summed E-state index contributed by atoms with van der Waals surface area (Å²) in [4.78, 5) is 0. The van der Waals surface area contributed by atoms with Crippen LogP contribution in [0.15, 0.2) is 12.1 Å². The Bertz CT molecular complexity index is 308. The molecule has 2 rings (SSSR count). The largest absolute Gasteiger partial charge is 0.381 e. The fraction of sp³-hybridized carbons (Fsp3) is 0.571. The number of rotatable bonds is 0. The Balaban J connectivity index is 2.36. The van der Waals surface area contributed by atoms with Crippen molar-refractivity contribution in [3.05, 3.63) is 34.4 Å². The molecule has 1 aromatic rings. The molecule has 0 saturated carbocycles. The van der Waals surface area contributed by atoms with Gasteiger partial charge < -0.3 is 4.74 Å². The predicted molar refractivity (Wildman–Crippen MR) is 63.4 cm³/mol. The first-order valence-electron chi connectivity index (χ1n) is 5.95. The zero-order chi connectivity index (χ0) is 10.7. The highest BCUT2D eigenvalue weighted by Gasteiger charge is 2.10. The van der Waals surface area contributed by atoms with Crippen LogP contribution >= 0.6 is 0 Å². The molecule has 0 aromatic heterocycles. The topological polar surface area (TPSA) is 9.23 Å². The van der Waals surface area contributed by atoms with Gasteiger partial charge in [0, 0.05) is 13.2 Å². The van der Waals surface area contributed by atoms with Crippen LogP contribution in [-0.4, -0.2) is 13.2 Å². The first-order chi connectivity index (χ1) is 7.29. The minimum atomic E-state index is 0.923. The maximum absolute atomic E-state index is 5.57. The van der Waals surface area contributed by atoms with Crippen molar-refractivity contribution in [2.45, 2.75) is 39.5 Å². The van der Waals surface area contributed by atoms with Crippen LogP contribution in [0.25, 0.3) is 0 Å². The van der Waals surface area contributed by atoms with Gasteiger partial charge in [-0.3, -0.25) is 0 Å². The molecule has 1 aliphatic heterocycles. The number of fused-ring (bicyclic) bond motifs is 1. The molecule has 1 heterocycles. The van der Waals surface area contributed by atoms with Crippen LogP contribution in [0.1, 0.15) is 35.1 Å². The monoisotopic (exact) mass is 204 g/mol. The van der Waals surface area contributed by atoms with E-state index in [1.54, 1.807) is 11.1 Å². The lowest BCUT2D eigenvalue weighted by Gasteiger charge is -2.14. The van der Waals surface area contributed by atoms with E-state index < -0.39 is 0 Å². The van der Waals surface area contributed by atoms with E-state index >= 15 is 0 Å². The maximum atomic E-state index is 5.57. The molecule has 0 bridgehead atoms. The number of benzene rings is 1. The van der Waals surface area contributed by atoms with Gasteiger partial charge in [0.1, 0.15) is 0 Å². The summed E-state index contributed by atoms with van der Waals surface area (Å²) < 4.78 is 5.57. The van der Waals surface area contributed by atoms with Crippen LogP contribution in [0.2, 0.25) is 0 Å². The Morgan fingerprint density at radius 1 is 0.867 bits per heavy atom. The molecule has 0 atom stereocenters. The van der Waals surface area contributed by atoms with Crippen molar-refractivity contribution in [3.8, 4) is 0 Å². The summed E-state index contributed by atoms with van der Waals surface area (Å²) >= 11 is 0. The molecule has 0 fully saturated rings. The molecule has 1 nitrogen and oxygen atoms in total. The van der Waals surface area contributed by atoms with E-state index in [1.165, 1.54) is 24.0 Å². The quantitative estimate of drug-likeness (QED) is 0.630. The summed E-state index contributed by atoms with van der Waals surface area (Å²) in [6.07, 6.45) is 4.69. The smallest absolute Gasteiger partial charge is 0.0469 e. The Kier molecular flexibility index (Phi) is 3.42. The fourth-order valence-corrected chi connectivity index (χ4v) is 2.43. The second kappa shape index (κ2) is 4.80. The SMILES string of the molecule is Cc1ccc(C)c2c1CCCOCCC2. The molecule has 0 aliphatic carbocycles. The van der Waals surface area contributed by atoms with E-state index in [0.717, 1.165) is 26.1 Å². The van der Waals surface area contributed by atoms with Crippen LogP contribution in [-0.2, 0) is 17.6 Å². The summed E-state index contributed by atoms with van der Waals surface area (Å²) in [6, 6.07) is 4.51. The van der Waals surface area contributed by atoms with E-state index in [9.17, 15) is 0 Å². The highest BCUT2D eigenvalue weighted by atomic mass is 16.5. The van der Waals surface area contributed by atoms with Gasteiger partial charge in [-0.15, -0.1) is 0 Å². The Labute approximate surface area is 92.5 Å². The number of aryl methyl sites for hydroxylation is 2.